The Kier molecular flexibility index (Phi) is 7.11. The summed E-state index contributed by atoms with van der Waals surface area (Å²) in [5.41, 5.74) is -0.631. The van der Waals surface area contributed by atoms with Crippen molar-refractivity contribution < 1.29 is 22.0 Å². The molecule has 1 atom stereocenters. The van der Waals surface area contributed by atoms with E-state index in [1.807, 2.05) is 6.92 Å². The van der Waals surface area contributed by atoms with Gasteiger partial charge < -0.3 is 10.6 Å². The van der Waals surface area contributed by atoms with Crippen LogP contribution in [0.15, 0.2) is 28.6 Å². The molecule has 10 heteroatoms. The molecule has 0 spiro atoms. The summed E-state index contributed by atoms with van der Waals surface area (Å²) in [6, 6.07) is 2.83. The van der Waals surface area contributed by atoms with Crippen LogP contribution in [0.2, 0.25) is 0 Å². The minimum atomic E-state index is -4.46. The monoisotopic (exact) mass is 406 g/mol. The molecule has 0 radical (unpaired) electrons. The lowest BCUT2D eigenvalue weighted by Crippen LogP contribution is -2.39. The van der Waals surface area contributed by atoms with Gasteiger partial charge in [-0.2, -0.15) is 13.2 Å². The lowest BCUT2D eigenvalue weighted by atomic mass is 10.1. The highest BCUT2D eigenvalue weighted by molar-refractivity contribution is 7.09. The van der Waals surface area contributed by atoms with Gasteiger partial charge in [0.2, 0.25) is 0 Å². The summed E-state index contributed by atoms with van der Waals surface area (Å²) in [4.78, 5) is 7.83. The number of halogens is 5. The van der Waals surface area contributed by atoms with E-state index in [0.29, 0.717) is 17.5 Å². The second kappa shape index (κ2) is 9.12. The third-order valence-corrected chi connectivity index (χ3v) is 4.47. The third kappa shape index (κ3) is 6.16. The molecule has 1 aromatic carbocycles. The Labute approximate surface area is 157 Å². The molecule has 148 valence electrons. The third-order valence-electron chi connectivity index (χ3n) is 3.56. The SMILES string of the molecule is CCNC(=NCCc1nc(C(F)(F)F)cs1)NC(C)c1ccc(F)cc1F. The van der Waals surface area contributed by atoms with E-state index in [4.69, 9.17) is 0 Å². The average Bonchev–Trinajstić information content (AvgIpc) is 3.04. The lowest BCUT2D eigenvalue weighted by Gasteiger charge is -2.18. The van der Waals surface area contributed by atoms with Crippen molar-refractivity contribution in [1.29, 1.82) is 0 Å². The number of benzene rings is 1. The second-order valence-corrected chi connectivity index (χ2v) is 6.61. The molecule has 1 unspecified atom stereocenters. The molecule has 0 fully saturated rings. The van der Waals surface area contributed by atoms with Crippen LogP contribution in [0.5, 0.6) is 0 Å². The molecular weight excluding hydrogens is 387 g/mol. The molecule has 1 heterocycles. The van der Waals surface area contributed by atoms with Crippen LogP contribution in [0, 0.1) is 11.6 Å². The Morgan fingerprint density at radius 1 is 1.30 bits per heavy atom. The first-order valence-corrected chi connectivity index (χ1v) is 9.10. The predicted octanol–water partition coefficient (Wildman–Crippen LogP) is 4.30. The molecular formula is C17H19F5N4S. The van der Waals surface area contributed by atoms with E-state index in [9.17, 15) is 22.0 Å². The van der Waals surface area contributed by atoms with E-state index < -0.39 is 29.5 Å². The molecule has 0 saturated heterocycles. The maximum atomic E-state index is 13.9. The van der Waals surface area contributed by atoms with Gasteiger partial charge in [-0.15, -0.1) is 11.3 Å². The van der Waals surface area contributed by atoms with Crippen molar-refractivity contribution in [3.63, 3.8) is 0 Å². The van der Waals surface area contributed by atoms with Crippen LogP contribution >= 0.6 is 11.3 Å². The summed E-state index contributed by atoms with van der Waals surface area (Å²) in [6.07, 6.45) is -4.21. The van der Waals surface area contributed by atoms with Gasteiger partial charge in [0.15, 0.2) is 11.7 Å². The van der Waals surface area contributed by atoms with E-state index in [0.717, 1.165) is 22.8 Å². The highest BCUT2D eigenvalue weighted by Crippen LogP contribution is 2.30. The zero-order valence-corrected chi connectivity index (χ0v) is 15.5. The number of thiazole rings is 1. The van der Waals surface area contributed by atoms with Crippen molar-refractivity contribution in [2.45, 2.75) is 32.5 Å². The van der Waals surface area contributed by atoms with Crippen LogP contribution in [0.4, 0.5) is 22.0 Å². The largest absolute Gasteiger partial charge is 0.434 e. The summed E-state index contributed by atoms with van der Waals surface area (Å²) in [6.45, 7) is 4.29. The van der Waals surface area contributed by atoms with Crippen molar-refractivity contribution in [3.8, 4) is 0 Å². The molecule has 0 aliphatic carbocycles. The summed E-state index contributed by atoms with van der Waals surface area (Å²) in [7, 11) is 0. The molecule has 0 aliphatic rings. The standard InChI is InChI=1S/C17H19F5N4S/c1-3-23-16(25-10(2)12-5-4-11(18)8-13(12)19)24-7-6-15-26-14(9-27-15)17(20,21)22/h4-5,8-10H,3,6-7H2,1-2H3,(H2,23,24,25). The average molecular weight is 406 g/mol. The Balaban J connectivity index is 2.00. The van der Waals surface area contributed by atoms with Crippen molar-refractivity contribution >= 4 is 17.3 Å². The fourth-order valence-electron chi connectivity index (χ4n) is 2.27. The zero-order valence-electron chi connectivity index (χ0n) is 14.7. The van der Waals surface area contributed by atoms with Crippen LogP contribution in [-0.2, 0) is 12.6 Å². The fourth-order valence-corrected chi connectivity index (χ4v) is 3.07. The van der Waals surface area contributed by atoms with Crippen molar-refractivity contribution in [1.82, 2.24) is 15.6 Å². The summed E-state index contributed by atoms with van der Waals surface area (Å²) < 4.78 is 64.6. The van der Waals surface area contributed by atoms with Crippen molar-refractivity contribution in [2.75, 3.05) is 13.1 Å². The lowest BCUT2D eigenvalue weighted by molar-refractivity contribution is -0.140. The first kappa shape index (κ1) is 21.1. The maximum Gasteiger partial charge on any atom is 0.434 e. The first-order chi connectivity index (χ1) is 12.7. The van der Waals surface area contributed by atoms with Gasteiger partial charge in [-0.05, 0) is 19.9 Å². The van der Waals surface area contributed by atoms with Crippen LogP contribution in [0.3, 0.4) is 0 Å². The van der Waals surface area contributed by atoms with Crippen LogP contribution in [-0.4, -0.2) is 24.0 Å². The molecule has 0 aliphatic heterocycles. The van der Waals surface area contributed by atoms with Gasteiger partial charge in [-0.1, -0.05) is 6.07 Å². The topological polar surface area (TPSA) is 49.3 Å². The Bertz CT molecular complexity index is 788. The molecule has 0 amide bonds. The smallest absolute Gasteiger partial charge is 0.357 e. The van der Waals surface area contributed by atoms with Gasteiger partial charge in [0.25, 0.3) is 0 Å². The minimum Gasteiger partial charge on any atom is -0.357 e. The molecule has 2 aromatic rings. The van der Waals surface area contributed by atoms with E-state index in [2.05, 4.69) is 20.6 Å². The summed E-state index contributed by atoms with van der Waals surface area (Å²) >= 11 is 0.929. The number of aromatic nitrogens is 1. The van der Waals surface area contributed by atoms with Gasteiger partial charge in [0.05, 0.1) is 11.0 Å². The molecule has 0 saturated carbocycles. The van der Waals surface area contributed by atoms with Crippen molar-refractivity contribution in [2.24, 2.45) is 4.99 Å². The Morgan fingerprint density at radius 2 is 2.04 bits per heavy atom. The minimum absolute atomic E-state index is 0.207. The number of hydrogen-bond acceptors (Lipinski definition) is 3. The van der Waals surface area contributed by atoms with Gasteiger partial charge in [-0.25, -0.2) is 13.8 Å². The van der Waals surface area contributed by atoms with Gasteiger partial charge >= 0.3 is 6.18 Å². The molecule has 2 rings (SSSR count). The van der Waals surface area contributed by atoms with Crippen LogP contribution in [0.25, 0.3) is 0 Å². The summed E-state index contributed by atoms with van der Waals surface area (Å²) in [5, 5.41) is 7.27. The van der Waals surface area contributed by atoms with Crippen molar-refractivity contribution in [3.05, 3.63) is 51.5 Å². The Hall–Kier alpha value is -2.23. The van der Waals surface area contributed by atoms with Gasteiger partial charge in [-0.3, -0.25) is 4.99 Å². The summed E-state index contributed by atoms with van der Waals surface area (Å²) in [5.74, 6) is -0.958. The molecule has 4 nitrogen and oxygen atoms in total. The number of nitrogens with zero attached hydrogens (tertiary/aromatic N) is 2. The molecule has 2 N–H and O–H groups in total. The van der Waals surface area contributed by atoms with Gasteiger partial charge in [0, 0.05) is 36.5 Å². The highest BCUT2D eigenvalue weighted by Gasteiger charge is 2.33. The zero-order chi connectivity index (χ0) is 20.0. The molecule has 1 aromatic heterocycles. The fraction of sp³-hybridized carbons (Fsp3) is 0.412. The predicted molar refractivity (Wildman–Crippen MR) is 94.7 cm³/mol. The molecule has 0 bridgehead atoms. The number of guanidine groups is 1. The highest BCUT2D eigenvalue weighted by atomic mass is 32.1. The normalized spacial score (nSPS) is 13.5. The number of alkyl halides is 3. The maximum absolute atomic E-state index is 13.9. The number of hydrogen-bond donors (Lipinski definition) is 2. The quantitative estimate of drug-likeness (QED) is 0.427. The number of rotatable bonds is 6. The molecule has 27 heavy (non-hydrogen) atoms. The van der Waals surface area contributed by atoms with E-state index in [1.54, 1.807) is 6.92 Å². The Morgan fingerprint density at radius 3 is 2.63 bits per heavy atom. The number of nitrogens with one attached hydrogen (secondary N) is 2. The van der Waals surface area contributed by atoms with E-state index in [1.165, 1.54) is 12.1 Å². The van der Waals surface area contributed by atoms with E-state index in [-0.39, 0.29) is 18.5 Å². The number of aliphatic imine (C=N–C) groups is 1. The van der Waals surface area contributed by atoms with Crippen LogP contribution in [0.1, 0.15) is 36.2 Å². The van der Waals surface area contributed by atoms with Gasteiger partial charge in [0.1, 0.15) is 11.6 Å². The first-order valence-electron chi connectivity index (χ1n) is 8.22. The second-order valence-electron chi connectivity index (χ2n) is 5.67. The van der Waals surface area contributed by atoms with Crippen LogP contribution < -0.4 is 10.6 Å². The van der Waals surface area contributed by atoms with E-state index >= 15 is 0 Å².